The monoisotopic (exact) mass is 302 g/mol. The number of benzene rings is 1. The number of halogens is 1. The molecule has 1 aromatic heterocycles. The normalized spacial score (nSPS) is 20.6. The third-order valence-electron chi connectivity index (χ3n) is 4.18. The number of H-pyrrole nitrogens is 1. The second-order valence-electron chi connectivity index (χ2n) is 5.42. The Morgan fingerprint density at radius 2 is 2.36 bits per heavy atom. The summed E-state index contributed by atoms with van der Waals surface area (Å²) in [6.07, 6.45) is 1.34. The molecule has 2 heterocycles. The van der Waals surface area contributed by atoms with E-state index >= 15 is 0 Å². The predicted molar refractivity (Wildman–Crippen MR) is 76.8 cm³/mol. The number of fused-ring (bicyclic) bond motifs is 3. The van der Waals surface area contributed by atoms with E-state index in [1.807, 2.05) is 13.0 Å². The lowest BCUT2D eigenvalue weighted by molar-refractivity contribution is -0.171. The van der Waals surface area contributed by atoms with Crippen LogP contribution in [0.2, 0.25) is 0 Å². The number of nitriles is 1. The Balaban J connectivity index is 2.38. The number of carbonyl (C=O) groups is 1. The van der Waals surface area contributed by atoms with E-state index in [0.717, 1.165) is 0 Å². The second kappa shape index (κ2) is 5.11. The summed E-state index contributed by atoms with van der Waals surface area (Å²) in [5.41, 5.74) is 0.0567. The molecule has 0 amide bonds. The second-order valence-corrected chi connectivity index (χ2v) is 5.42. The number of nitrogens with one attached hydrogen (secondary N) is 1. The third kappa shape index (κ3) is 1.82. The van der Waals surface area contributed by atoms with E-state index < -0.39 is 17.4 Å². The van der Waals surface area contributed by atoms with Crippen LogP contribution in [0.25, 0.3) is 10.9 Å². The van der Waals surface area contributed by atoms with Crippen LogP contribution in [0.1, 0.15) is 36.6 Å². The first-order valence-corrected chi connectivity index (χ1v) is 7.16. The summed E-state index contributed by atoms with van der Waals surface area (Å²) < 4.78 is 19.7. The van der Waals surface area contributed by atoms with Gasteiger partial charge in [-0.1, -0.05) is 13.3 Å². The number of aliphatic carboxylic acids is 1. The van der Waals surface area contributed by atoms with Crippen molar-refractivity contribution >= 4 is 16.9 Å². The summed E-state index contributed by atoms with van der Waals surface area (Å²) in [6.45, 7) is 2.10. The van der Waals surface area contributed by atoms with Gasteiger partial charge < -0.3 is 14.8 Å². The maximum absolute atomic E-state index is 14.1. The van der Waals surface area contributed by atoms with Crippen LogP contribution >= 0.6 is 0 Å². The molecule has 2 aromatic rings. The minimum absolute atomic E-state index is 0.177. The van der Waals surface area contributed by atoms with Gasteiger partial charge in [0.15, 0.2) is 0 Å². The SMILES string of the molecule is CCC[C@@]1(C(=O)O)OCCc2c1[nH]c1c(F)ccc(C#N)c21. The maximum atomic E-state index is 14.1. The smallest absolute Gasteiger partial charge is 0.342 e. The van der Waals surface area contributed by atoms with E-state index in [1.54, 1.807) is 0 Å². The predicted octanol–water partition coefficient (Wildman–Crippen LogP) is 2.83. The number of rotatable bonds is 3. The van der Waals surface area contributed by atoms with E-state index in [9.17, 15) is 19.6 Å². The number of ether oxygens (including phenoxy) is 1. The van der Waals surface area contributed by atoms with Gasteiger partial charge in [0.1, 0.15) is 5.82 Å². The molecule has 0 saturated carbocycles. The average Bonchev–Trinajstić information content (AvgIpc) is 2.90. The summed E-state index contributed by atoms with van der Waals surface area (Å²) >= 11 is 0. The molecule has 0 fully saturated rings. The number of hydrogen-bond donors (Lipinski definition) is 2. The zero-order valence-corrected chi connectivity index (χ0v) is 12.1. The van der Waals surface area contributed by atoms with Gasteiger partial charge in [-0.05, 0) is 30.5 Å². The molecule has 1 aliphatic heterocycles. The fourth-order valence-corrected chi connectivity index (χ4v) is 3.25. The van der Waals surface area contributed by atoms with Crippen molar-refractivity contribution in [3.05, 3.63) is 34.8 Å². The molecule has 0 spiro atoms. The number of hydrogen-bond acceptors (Lipinski definition) is 3. The molecule has 5 nitrogen and oxygen atoms in total. The molecule has 3 rings (SSSR count). The molecule has 1 aliphatic rings. The zero-order chi connectivity index (χ0) is 15.9. The van der Waals surface area contributed by atoms with Gasteiger partial charge in [0.05, 0.1) is 29.5 Å². The first-order chi connectivity index (χ1) is 10.5. The summed E-state index contributed by atoms with van der Waals surface area (Å²) in [7, 11) is 0. The van der Waals surface area contributed by atoms with Crippen molar-refractivity contribution in [1.29, 1.82) is 5.26 Å². The van der Waals surface area contributed by atoms with Crippen LogP contribution in [0.15, 0.2) is 12.1 Å². The first-order valence-electron chi connectivity index (χ1n) is 7.16. The highest BCUT2D eigenvalue weighted by Gasteiger charge is 2.47. The van der Waals surface area contributed by atoms with Crippen LogP contribution in [0, 0.1) is 17.1 Å². The molecule has 0 unspecified atom stereocenters. The van der Waals surface area contributed by atoms with Crippen LogP contribution in [0.4, 0.5) is 4.39 Å². The summed E-state index contributed by atoms with van der Waals surface area (Å²) in [5.74, 6) is -1.60. The summed E-state index contributed by atoms with van der Waals surface area (Å²) in [6, 6.07) is 4.68. The van der Waals surface area contributed by atoms with Gasteiger partial charge in [-0.2, -0.15) is 5.26 Å². The zero-order valence-electron chi connectivity index (χ0n) is 12.1. The van der Waals surface area contributed by atoms with Crippen molar-refractivity contribution < 1.29 is 19.0 Å². The van der Waals surface area contributed by atoms with Crippen LogP contribution in [0.5, 0.6) is 0 Å². The highest BCUT2D eigenvalue weighted by Crippen LogP contribution is 2.41. The molecule has 0 aliphatic carbocycles. The van der Waals surface area contributed by atoms with Crippen molar-refractivity contribution in [3.8, 4) is 6.07 Å². The highest BCUT2D eigenvalue weighted by molar-refractivity contribution is 5.93. The van der Waals surface area contributed by atoms with Gasteiger partial charge in [0.2, 0.25) is 5.60 Å². The Labute approximate surface area is 126 Å². The molecule has 2 N–H and O–H groups in total. The Morgan fingerprint density at radius 3 is 3.00 bits per heavy atom. The van der Waals surface area contributed by atoms with Crippen LogP contribution in [0.3, 0.4) is 0 Å². The van der Waals surface area contributed by atoms with Gasteiger partial charge in [-0.15, -0.1) is 0 Å². The molecular weight excluding hydrogens is 287 g/mol. The Bertz CT molecular complexity index is 806. The average molecular weight is 302 g/mol. The van der Waals surface area contributed by atoms with E-state index in [4.69, 9.17) is 4.74 Å². The summed E-state index contributed by atoms with van der Waals surface area (Å²) in [5, 5.41) is 19.4. The molecule has 22 heavy (non-hydrogen) atoms. The number of aromatic amines is 1. The lowest BCUT2D eigenvalue weighted by Crippen LogP contribution is -2.43. The van der Waals surface area contributed by atoms with Crippen LogP contribution in [-0.4, -0.2) is 22.7 Å². The largest absolute Gasteiger partial charge is 0.479 e. The van der Waals surface area contributed by atoms with Crippen molar-refractivity contribution in [2.75, 3.05) is 6.61 Å². The van der Waals surface area contributed by atoms with E-state index in [1.165, 1.54) is 12.1 Å². The van der Waals surface area contributed by atoms with Crippen molar-refractivity contribution in [3.63, 3.8) is 0 Å². The Kier molecular flexibility index (Phi) is 3.38. The Morgan fingerprint density at radius 1 is 1.59 bits per heavy atom. The van der Waals surface area contributed by atoms with Crippen LogP contribution < -0.4 is 0 Å². The minimum Gasteiger partial charge on any atom is -0.479 e. The molecule has 114 valence electrons. The van der Waals surface area contributed by atoms with Gasteiger partial charge in [-0.25, -0.2) is 9.18 Å². The number of nitrogens with zero attached hydrogens (tertiary/aromatic N) is 1. The lowest BCUT2D eigenvalue weighted by Gasteiger charge is -2.33. The highest BCUT2D eigenvalue weighted by atomic mass is 19.1. The fraction of sp³-hybridized carbons (Fsp3) is 0.375. The molecule has 0 radical (unpaired) electrons. The first kappa shape index (κ1) is 14.5. The molecule has 1 atom stereocenters. The van der Waals surface area contributed by atoms with Gasteiger partial charge >= 0.3 is 5.97 Å². The minimum atomic E-state index is -1.50. The number of carboxylic acids is 1. The lowest BCUT2D eigenvalue weighted by atomic mass is 9.87. The van der Waals surface area contributed by atoms with Gasteiger partial charge in [-0.3, -0.25) is 0 Å². The van der Waals surface area contributed by atoms with Gasteiger partial charge in [0, 0.05) is 5.39 Å². The quantitative estimate of drug-likeness (QED) is 0.912. The molecule has 1 aromatic carbocycles. The van der Waals surface area contributed by atoms with Crippen LogP contribution in [-0.2, 0) is 21.6 Å². The standard InChI is InChI=1S/C16H15FN2O3/c1-2-6-16(15(20)21)14-10(5-7-22-16)12-9(8-18)3-4-11(17)13(12)19-14/h3-4,19H,2,5-7H2,1H3,(H,20,21)/t16-/m1/s1. The van der Waals surface area contributed by atoms with Crippen molar-refractivity contribution in [1.82, 2.24) is 4.98 Å². The van der Waals surface area contributed by atoms with E-state index in [-0.39, 0.29) is 18.5 Å². The van der Waals surface area contributed by atoms with E-state index in [0.29, 0.717) is 35.0 Å². The Hall–Kier alpha value is -2.39. The fourth-order valence-electron chi connectivity index (χ4n) is 3.25. The molecule has 0 saturated heterocycles. The molecule has 6 heteroatoms. The topological polar surface area (TPSA) is 86.1 Å². The number of aromatic nitrogens is 1. The third-order valence-corrected chi connectivity index (χ3v) is 4.18. The molecule has 0 bridgehead atoms. The maximum Gasteiger partial charge on any atom is 0.342 e. The van der Waals surface area contributed by atoms with E-state index in [2.05, 4.69) is 4.98 Å². The number of carboxylic acid groups (broad SMARTS) is 1. The van der Waals surface area contributed by atoms with Crippen molar-refractivity contribution in [2.45, 2.75) is 31.8 Å². The van der Waals surface area contributed by atoms with Crippen molar-refractivity contribution in [2.24, 2.45) is 0 Å². The molecular formula is C16H15FN2O3. The van der Waals surface area contributed by atoms with Gasteiger partial charge in [0.25, 0.3) is 0 Å². The summed E-state index contributed by atoms with van der Waals surface area (Å²) in [4.78, 5) is 14.7.